The molecule has 1 atom stereocenters. The van der Waals surface area contributed by atoms with Gasteiger partial charge in [0.15, 0.2) is 0 Å². The largest absolute Gasteiger partial charge is 0.388 e. The molecule has 0 aromatic heterocycles. The van der Waals surface area contributed by atoms with E-state index in [1.165, 1.54) is 10.5 Å². The molecule has 1 nitrogen and oxygen atoms in total. The third-order valence-corrected chi connectivity index (χ3v) is 5.27. The normalized spacial score (nSPS) is 18.6. The van der Waals surface area contributed by atoms with Crippen LogP contribution < -0.4 is 0 Å². The third kappa shape index (κ3) is 2.65. The van der Waals surface area contributed by atoms with Crippen molar-refractivity contribution in [1.82, 2.24) is 0 Å². The van der Waals surface area contributed by atoms with Crippen LogP contribution in [0.1, 0.15) is 18.9 Å². The smallest absolute Gasteiger partial charge is 0.0857 e. The van der Waals surface area contributed by atoms with Gasteiger partial charge in [0, 0.05) is 21.3 Å². The van der Waals surface area contributed by atoms with Gasteiger partial charge in [-0.25, -0.2) is 0 Å². The topological polar surface area (TPSA) is 20.2 Å². The Kier molecular flexibility index (Phi) is 4.38. The average Bonchev–Trinajstić information content (AvgIpc) is 2.39. The summed E-state index contributed by atoms with van der Waals surface area (Å²) in [5.74, 6) is 2.24. The number of thioether (sulfide) groups is 2. The molecular weight excluding hydrogens is 236 g/mol. The van der Waals surface area contributed by atoms with Gasteiger partial charge in [0.2, 0.25) is 0 Å². The second-order valence-electron chi connectivity index (χ2n) is 3.68. The molecule has 1 N–H and O–H groups in total. The van der Waals surface area contributed by atoms with Crippen molar-refractivity contribution in [2.45, 2.75) is 19.4 Å². The quantitative estimate of drug-likeness (QED) is 0.887. The monoisotopic (exact) mass is 252 g/mol. The minimum atomic E-state index is -0.298. The molecule has 0 spiro atoms. The molecule has 0 bridgehead atoms. The van der Waals surface area contributed by atoms with Crippen LogP contribution in [0.2, 0.25) is 0 Å². The zero-order valence-corrected chi connectivity index (χ0v) is 11.0. The van der Waals surface area contributed by atoms with Gasteiger partial charge in [0.1, 0.15) is 0 Å². The summed E-state index contributed by atoms with van der Waals surface area (Å²) >= 11 is 3.67. The molecule has 86 valence electrons. The number of aliphatic hydroxyl groups is 1. The molecule has 1 heterocycles. The van der Waals surface area contributed by atoms with Crippen LogP contribution in [-0.4, -0.2) is 22.7 Å². The van der Waals surface area contributed by atoms with Gasteiger partial charge in [0.05, 0.1) is 6.10 Å². The van der Waals surface area contributed by atoms with Gasteiger partial charge in [-0.1, -0.05) is 37.3 Å². The first-order valence-electron chi connectivity index (χ1n) is 5.56. The lowest BCUT2D eigenvalue weighted by atomic mass is 10.1. The molecule has 1 aliphatic heterocycles. The summed E-state index contributed by atoms with van der Waals surface area (Å²) in [6, 6.07) is 10.4. The van der Waals surface area contributed by atoms with Crippen molar-refractivity contribution in [1.29, 1.82) is 0 Å². The standard InChI is InChI=1S/C13H16OS2/c1-2-11(14)13-12(15-8-9-16-13)10-6-4-3-5-7-10/h3-7,11,14H,2,8-9H2,1H3. The highest BCUT2D eigenvalue weighted by molar-refractivity contribution is 8.13. The summed E-state index contributed by atoms with van der Waals surface area (Å²) in [5, 5.41) is 10.0. The predicted octanol–water partition coefficient (Wildman–Crippen LogP) is 3.61. The minimum Gasteiger partial charge on any atom is -0.388 e. The Hall–Kier alpha value is -0.380. The molecule has 0 fully saturated rings. The molecule has 1 aromatic carbocycles. The Bertz CT molecular complexity index is 373. The van der Waals surface area contributed by atoms with Crippen LogP contribution in [0.4, 0.5) is 0 Å². The summed E-state index contributed by atoms with van der Waals surface area (Å²) in [4.78, 5) is 2.43. The lowest BCUT2D eigenvalue weighted by molar-refractivity contribution is 0.216. The average molecular weight is 252 g/mol. The zero-order valence-electron chi connectivity index (χ0n) is 9.35. The fourth-order valence-corrected chi connectivity index (χ4v) is 4.31. The first-order chi connectivity index (χ1) is 7.83. The minimum absolute atomic E-state index is 0.298. The maximum absolute atomic E-state index is 10.0. The van der Waals surface area contributed by atoms with E-state index in [-0.39, 0.29) is 6.10 Å². The molecule has 1 unspecified atom stereocenters. The molecule has 16 heavy (non-hydrogen) atoms. The number of benzene rings is 1. The van der Waals surface area contributed by atoms with Crippen molar-refractivity contribution in [3.63, 3.8) is 0 Å². The number of rotatable bonds is 3. The molecule has 2 rings (SSSR count). The Morgan fingerprint density at radius 1 is 1.19 bits per heavy atom. The molecule has 0 amide bonds. The van der Waals surface area contributed by atoms with E-state index in [4.69, 9.17) is 0 Å². The van der Waals surface area contributed by atoms with E-state index >= 15 is 0 Å². The summed E-state index contributed by atoms with van der Waals surface area (Å²) < 4.78 is 0. The number of hydrogen-bond donors (Lipinski definition) is 1. The Morgan fingerprint density at radius 2 is 1.88 bits per heavy atom. The van der Waals surface area contributed by atoms with Crippen molar-refractivity contribution in [3.8, 4) is 0 Å². The van der Waals surface area contributed by atoms with Crippen LogP contribution in [0.5, 0.6) is 0 Å². The molecule has 0 radical (unpaired) electrons. The molecule has 1 aliphatic rings. The van der Waals surface area contributed by atoms with Crippen molar-refractivity contribution in [2.75, 3.05) is 11.5 Å². The van der Waals surface area contributed by atoms with Crippen molar-refractivity contribution in [2.24, 2.45) is 0 Å². The molecule has 0 saturated carbocycles. The second kappa shape index (κ2) is 5.80. The molecule has 3 heteroatoms. The molecule has 1 aromatic rings. The summed E-state index contributed by atoms with van der Waals surface area (Å²) in [6.45, 7) is 2.03. The van der Waals surface area contributed by atoms with Crippen LogP contribution in [0.15, 0.2) is 35.2 Å². The summed E-state index contributed by atoms with van der Waals surface area (Å²) in [7, 11) is 0. The third-order valence-electron chi connectivity index (χ3n) is 2.54. The van der Waals surface area contributed by atoms with E-state index in [1.807, 2.05) is 36.5 Å². The lowest BCUT2D eigenvalue weighted by Gasteiger charge is -2.22. The van der Waals surface area contributed by atoms with Gasteiger partial charge in [-0.2, -0.15) is 0 Å². The van der Waals surface area contributed by atoms with Crippen molar-refractivity contribution < 1.29 is 5.11 Å². The highest BCUT2D eigenvalue weighted by Gasteiger charge is 2.20. The second-order valence-corrected chi connectivity index (χ2v) is 5.92. The van der Waals surface area contributed by atoms with Crippen molar-refractivity contribution >= 4 is 28.4 Å². The Balaban J connectivity index is 2.37. The highest BCUT2D eigenvalue weighted by Crippen LogP contribution is 2.42. The van der Waals surface area contributed by atoms with E-state index in [0.29, 0.717) is 0 Å². The first-order valence-corrected chi connectivity index (χ1v) is 7.53. The van der Waals surface area contributed by atoms with Crippen LogP contribution in [0.25, 0.3) is 4.91 Å². The van der Waals surface area contributed by atoms with Crippen LogP contribution >= 0.6 is 23.5 Å². The predicted molar refractivity (Wildman–Crippen MR) is 74.6 cm³/mol. The lowest BCUT2D eigenvalue weighted by Crippen LogP contribution is -2.11. The summed E-state index contributed by atoms with van der Waals surface area (Å²) in [5.41, 5.74) is 1.24. The molecule has 0 aliphatic carbocycles. The first kappa shape index (κ1) is 12.1. The number of aliphatic hydroxyl groups excluding tert-OH is 1. The van der Waals surface area contributed by atoms with Gasteiger partial charge in [-0.05, 0) is 12.0 Å². The Labute approximate surface area is 105 Å². The Morgan fingerprint density at radius 3 is 2.56 bits per heavy atom. The number of hydrogen-bond acceptors (Lipinski definition) is 3. The van der Waals surface area contributed by atoms with E-state index in [9.17, 15) is 5.11 Å². The van der Waals surface area contributed by atoms with Gasteiger partial charge >= 0.3 is 0 Å². The van der Waals surface area contributed by atoms with Crippen LogP contribution in [0, 0.1) is 0 Å². The molecular formula is C13H16OS2. The van der Waals surface area contributed by atoms with Gasteiger partial charge in [0.25, 0.3) is 0 Å². The SMILES string of the molecule is CCC(O)C1=C(c2ccccc2)SCCS1. The maximum atomic E-state index is 10.0. The van der Waals surface area contributed by atoms with E-state index in [0.717, 1.165) is 22.8 Å². The van der Waals surface area contributed by atoms with Gasteiger partial charge in [-0.3, -0.25) is 0 Å². The maximum Gasteiger partial charge on any atom is 0.0857 e. The van der Waals surface area contributed by atoms with Crippen molar-refractivity contribution in [3.05, 3.63) is 40.8 Å². The van der Waals surface area contributed by atoms with Crippen LogP contribution in [-0.2, 0) is 0 Å². The van der Waals surface area contributed by atoms with Gasteiger partial charge in [-0.15, -0.1) is 23.5 Å². The fourth-order valence-electron chi connectivity index (χ4n) is 1.68. The van der Waals surface area contributed by atoms with Gasteiger partial charge < -0.3 is 5.11 Å². The molecule has 0 saturated heterocycles. The fraction of sp³-hybridized carbons (Fsp3) is 0.385. The highest BCUT2D eigenvalue weighted by atomic mass is 32.2. The van der Waals surface area contributed by atoms with E-state index in [2.05, 4.69) is 24.3 Å². The van der Waals surface area contributed by atoms with E-state index in [1.54, 1.807) is 0 Å². The summed E-state index contributed by atoms with van der Waals surface area (Å²) in [6.07, 6.45) is 0.493. The van der Waals surface area contributed by atoms with E-state index < -0.39 is 0 Å². The zero-order chi connectivity index (χ0) is 11.4. The van der Waals surface area contributed by atoms with Crippen LogP contribution in [0.3, 0.4) is 0 Å².